The van der Waals surface area contributed by atoms with Crippen molar-refractivity contribution in [2.24, 2.45) is 5.92 Å². The molecule has 2 rings (SSSR count). The van der Waals surface area contributed by atoms with Crippen LogP contribution in [-0.4, -0.2) is 49.7 Å². The summed E-state index contributed by atoms with van der Waals surface area (Å²) in [5, 5.41) is 12.1. The van der Waals surface area contributed by atoms with E-state index in [4.69, 9.17) is 10.2 Å². The van der Waals surface area contributed by atoms with Gasteiger partial charge in [-0.15, -0.1) is 0 Å². The first kappa shape index (κ1) is 21.5. The molecule has 0 saturated carbocycles. The van der Waals surface area contributed by atoms with E-state index in [0.717, 1.165) is 17.8 Å². The maximum Gasteiger partial charge on any atom is 0.405 e. The molecule has 0 unspecified atom stereocenters. The molecule has 1 fully saturated rings. The van der Waals surface area contributed by atoms with Gasteiger partial charge in [-0.25, -0.2) is 4.79 Å². The second-order valence-corrected chi connectivity index (χ2v) is 13.9. The summed E-state index contributed by atoms with van der Waals surface area (Å²) in [6, 6.07) is -0.327. The Labute approximate surface area is 163 Å². The normalized spacial score (nSPS) is 24.0. The molecule has 1 amide bonds. The SMILES string of the molecule is Cc1cncc(N)c1N1C[C@H](C)[C@@H](O[Si](C)(C)C(C)(C)C)[C@H](NC(=O)O)C1. The molecule has 7 nitrogen and oxygen atoms in total. The Morgan fingerprint density at radius 3 is 2.52 bits per heavy atom. The molecule has 1 saturated heterocycles. The molecule has 4 N–H and O–H groups in total. The van der Waals surface area contributed by atoms with E-state index in [1.165, 1.54) is 0 Å². The third-order valence-electron chi connectivity index (χ3n) is 5.87. The summed E-state index contributed by atoms with van der Waals surface area (Å²) < 4.78 is 6.66. The van der Waals surface area contributed by atoms with E-state index >= 15 is 0 Å². The lowest BCUT2D eigenvalue weighted by Crippen LogP contribution is -2.62. The topological polar surface area (TPSA) is 101 Å². The molecule has 0 aliphatic carbocycles. The quantitative estimate of drug-likeness (QED) is 0.676. The van der Waals surface area contributed by atoms with Crippen LogP contribution < -0.4 is 16.0 Å². The fourth-order valence-corrected chi connectivity index (χ4v) is 4.89. The molecular weight excluding hydrogens is 360 g/mol. The maximum absolute atomic E-state index is 11.5. The predicted molar refractivity (Wildman–Crippen MR) is 112 cm³/mol. The van der Waals surface area contributed by atoms with Crippen molar-refractivity contribution in [3.8, 4) is 0 Å². The Morgan fingerprint density at radius 2 is 2.00 bits per heavy atom. The second kappa shape index (κ2) is 7.67. The van der Waals surface area contributed by atoms with E-state index in [1.807, 2.05) is 6.92 Å². The van der Waals surface area contributed by atoms with Crippen molar-refractivity contribution in [2.75, 3.05) is 23.7 Å². The highest BCUT2D eigenvalue weighted by atomic mass is 28.4. The average Bonchev–Trinajstić information content (AvgIpc) is 2.49. The minimum absolute atomic E-state index is 0.0593. The second-order valence-electron chi connectivity index (χ2n) is 9.18. The van der Waals surface area contributed by atoms with Gasteiger partial charge in [-0.05, 0) is 30.6 Å². The van der Waals surface area contributed by atoms with Crippen LogP contribution in [0.4, 0.5) is 16.2 Å². The molecule has 8 heteroatoms. The van der Waals surface area contributed by atoms with Crippen molar-refractivity contribution >= 4 is 25.8 Å². The maximum atomic E-state index is 11.5. The van der Waals surface area contributed by atoms with Gasteiger partial charge in [0.05, 0.1) is 29.7 Å². The fourth-order valence-electron chi connectivity index (χ4n) is 3.46. The van der Waals surface area contributed by atoms with Gasteiger partial charge >= 0.3 is 6.09 Å². The van der Waals surface area contributed by atoms with Crippen LogP contribution in [0.15, 0.2) is 12.4 Å². The zero-order valence-corrected chi connectivity index (χ0v) is 18.5. The standard InChI is InChI=1S/C19H34N4O3Si/c1-12-8-21-9-14(20)16(12)23-10-13(2)17(15(11-23)22-18(24)25)26-27(6,7)19(3,4)5/h8-9,13,15,17,22H,10-11,20H2,1-7H3,(H,24,25)/t13-,15+,17+/m0/s1. The molecular formula is C19H34N4O3Si. The van der Waals surface area contributed by atoms with E-state index in [0.29, 0.717) is 12.2 Å². The minimum atomic E-state index is -2.04. The van der Waals surface area contributed by atoms with E-state index in [-0.39, 0.29) is 23.1 Å². The molecule has 0 spiro atoms. The van der Waals surface area contributed by atoms with Crippen molar-refractivity contribution in [3.63, 3.8) is 0 Å². The highest BCUT2D eigenvalue weighted by molar-refractivity contribution is 6.74. The van der Waals surface area contributed by atoms with Gasteiger partial charge in [0.15, 0.2) is 8.32 Å². The predicted octanol–water partition coefficient (Wildman–Crippen LogP) is 3.45. The van der Waals surface area contributed by atoms with Crippen molar-refractivity contribution < 1.29 is 14.3 Å². The van der Waals surface area contributed by atoms with Crippen LogP contribution in [0.25, 0.3) is 0 Å². The number of hydrogen-bond acceptors (Lipinski definition) is 5. The van der Waals surface area contributed by atoms with E-state index < -0.39 is 14.4 Å². The fraction of sp³-hybridized carbons (Fsp3) is 0.684. The lowest BCUT2D eigenvalue weighted by atomic mass is 9.91. The van der Waals surface area contributed by atoms with Gasteiger partial charge in [0.2, 0.25) is 0 Å². The molecule has 0 aromatic carbocycles. The number of anilines is 2. The number of nitrogens with zero attached hydrogens (tertiary/aromatic N) is 2. The van der Waals surface area contributed by atoms with E-state index in [9.17, 15) is 9.90 Å². The third kappa shape index (κ3) is 4.73. The lowest BCUT2D eigenvalue weighted by Gasteiger charge is -2.48. The van der Waals surface area contributed by atoms with E-state index in [1.54, 1.807) is 12.4 Å². The summed E-state index contributed by atoms with van der Waals surface area (Å²) in [4.78, 5) is 17.7. The molecule has 1 aromatic rings. The largest absolute Gasteiger partial charge is 0.465 e. The van der Waals surface area contributed by atoms with Gasteiger partial charge in [0, 0.05) is 25.2 Å². The number of rotatable bonds is 4. The van der Waals surface area contributed by atoms with Crippen LogP contribution in [0.5, 0.6) is 0 Å². The van der Waals surface area contributed by atoms with Crippen LogP contribution in [0.2, 0.25) is 18.1 Å². The highest BCUT2D eigenvalue weighted by Crippen LogP contribution is 2.40. The Morgan fingerprint density at radius 1 is 1.37 bits per heavy atom. The van der Waals surface area contributed by atoms with Gasteiger partial charge < -0.3 is 25.5 Å². The third-order valence-corrected chi connectivity index (χ3v) is 10.3. The summed E-state index contributed by atoms with van der Waals surface area (Å²) in [7, 11) is -2.04. The Kier molecular flexibility index (Phi) is 6.11. The Bertz CT molecular complexity index is 670. The number of carbonyl (C=O) groups is 1. The summed E-state index contributed by atoms with van der Waals surface area (Å²) in [6.07, 6.45) is 2.23. The van der Waals surface area contributed by atoms with Gasteiger partial charge in [-0.3, -0.25) is 4.98 Å². The number of nitrogen functional groups attached to an aromatic ring is 1. The van der Waals surface area contributed by atoms with Gasteiger partial charge in [-0.1, -0.05) is 27.7 Å². The Balaban J connectivity index is 2.32. The number of nitrogens with two attached hydrogens (primary N) is 1. The van der Waals surface area contributed by atoms with Crippen molar-refractivity contribution in [3.05, 3.63) is 18.0 Å². The number of aromatic nitrogens is 1. The molecule has 1 aromatic heterocycles. The molecule has 0 radical (unpaired) electrons. The highest BCUT2D eigenvalue weighted by Gasteiger charge is 2.45. The van der Waals surface area contributed by atoms with Crippen molar-refractivity contribution in [2.45, 2.75) is 64.9 Å². The van der Waals surface area contributed by atoms with Gasteiger partial charge in [0.1, 0.15) is 0 Å². The summed E-state index contributed by atoms with van der Waals surface area (Å²) in [6.45, 7) is 16.4. The summed E-state index contributed by atoms with van der Waals surface area (Å²) in [5.74, 6) is 0.150. The number of carboxylic acid groups (broad SMARTS) is 1. The molecule has 27 heavy (non-hydrogen) atoms. The number of amides is 1. The number of piperidine rings is 1. The number of aryl methyl sites for hydroxylation is 1. The number of nitrogens with one attached hydrogen (secondary N) is 1. The molecule has 0 bridgehead atoms. The summed E-state index contributed by atoms with van der Waals surface area (Å²) >= 11 is 0. The smallest absolute Gasteiger partial charge is 0.405 e. The van der Waals surface area contributed by atoms with Gasteiger partial charge in [-0.2, -0.15) is 0 Å². The van der Waals surface area contributed by atoms with Crippen LogP contribution in [0.3, 0.4) is 0 Å². The van der Waals surface area contributed by atoms with Gasteiger partial charge in [0.25, 0.3) is 0 Å². The first-order valence-electron chi connectivity index (χ1n) is 9.46. The zero-order valence-electron chi connectivity index (χ0n) is 17.5. The van der Waals surface area contributed by atoms with Crippen LogP contribution in [0.1, 0.15) is 33.3 Å². The Hall–Kier alpha value is -1.80. The average molecular weight is 395 g/mol. The molecule has 2 heterocycles. The first-order chi connectivity index (χ1) is 12.3. The molecule has 1 aliphatic heterocycles. The molecule has 1 aliphatic rings. The number of hydrogen-bond donors (Lipinski definition) is 3. The van der Waals surface area contributed by atoms with Crippen LogP contribution in [0, 0.1) is 12.8 Å². The lowest BCUT2D eigenvalue weighted by molar-refractivity contribution is 0.0722. The first-order valence-corrected chi connectivity index (χ1v) is 12.4. The monoisotopic (exact) mass is 394 g/mol. The molecule has 3 atom stereocenters. The van der Waals surface area contributed by atoms with Crippen LogP contribution in [-0.2, 0) is 4.43 Å². The number of pyridine rings is 1. The van der Waals surface area contributed by atoms with Crippen molar-refractivity contribution in [1.29, 1.82) is 0 Å². The molecule has 152 valence electrons. The van der Waals surface area contributed by atoms with E-state index in [2.05, 4.69) is 56.0 Å². The van der Waals surface area contributed by atoms with Crippen LogP contribution >= 0.6 is 0 Å². The zero-order chi connectivity index (χ0) is 20.6. The van der Waals surface area contributed by atoms with Crippen molar-refractivity contribution in [1.82, 2.24) is 10.3 Å². The minimum Gasteiger partial charge on any atom is -0.465 e. The summed E-state index contributed by atoms with van der Waals surface area (Å²) in [5.41, 5.74) is 8.70.